The molecule has 1 aromatic rings. The van der Waals surface area contributed by atoms with Crippen molar-refractivity contribution in [1.29, 1.82) is 0 Å². The molecule has 20 heavy (non-hydrogen) atoms. The second-order valence-corrected chi connectivity index (χ2v) is 5.39. The summed E-state index contributed by atoms with van der Waals surface area (Å²) in [6, 6.07) is 2.82. The van der Waals surface area contributed by atoms with Gasteiger partial charge >= 0.3 is 0 Å². The van der Waals surface area contributed by atoms with E-state index < -0.39 is 11.6 Å². The Hall–Kier alpha value is -1.27. The average molecular weight is 300 g/mol. The summed E-state index contributed by atoms with van der Waals surface area (Å²) < 4.78 is 32.8. The normalized spacial score (nSPS) is 14.3. The van der Waals surface area contributed by atoms with Gasteiger partial charge in [0.2, 0.25) is 0 Å². The minimum absolute atomic E-state index is 0.0733. The third kappa shape index (κ3) is 4.11. The van der Waals surface area contributed by atoms with Crippen LogP contribution in [0, 0.1) is 17.6 Å². The van der Waals surface area contributed by atoms with Crippen LogP contribution >= 0.6 is 12.2 Å². The Kier molecular flexibility index (Phi) is 5.25. The molecule has 0 unspecified atom stereocenters. The van der Waals surface area contributed by atoms with E-state index in [2.05, 4.69) is 17.5 Å². The van der Waals surface area contributed by atoms with Crippen molar-refractivity contribution in [1.82, 2.24) is 0 Å². The number of anilines is 1. The van der Waals surface area contributed by atoms with Crippen molar-refractivity contribution in [2.24, 2.45) is 11.7 Å². The summed E-state index contributed by atoms with van der Waals surface area (Å²) in [5, 5.41) is 2.84. The standard InChI is InChI=1S/C14H18F2N2OS/c15-12-10(14(17)20)4-5-11(13(12)16)18-6-1-7-19-8-9-2-3-9/h4-5,9,18H,1-3,6-8H2,(H2,17,20). The quantitative estimate of drug-likeness (QED) is 0.572. The van der Waals surface area contributed by atoms with Gasteiger partial charge in [-0.05, 0) is 37.3 Å². The number of benzene rings is 1. The maximum absolute atomic E-state index is 13.7. The molecule has 0 aliphatic heterocycles. The van der Waals surface area contributed by atoms with Crippen LogP contribution in [0.1, 0.15) is 24.8 Å². The van der Waals surface area contributed by atoms with Crippen molar-refractivity contribution in [3.8, 4) is 0 Å². The van der Waals surface area contributed by atoms with Crippen molar-refractivity contribution < 1.29 is 13.5 Å². The molecule has 1 aliphatic rings. The van der Waals surface area contributed by atoms with Gasteiger partial charge in [-0.25, -0.2) is 8.78 Å². The fourth-order valence-electron chi connectivity index (χ4n) is 1.81. The zero-order valence-electron chi connectivity index (χ0n) is 11.1. The second-order valence-electron chi connectivity index (χ2n) is 4.95. The Morgan fingerprint density at radius 3 is 2.75 bits per heavy atom. The van der Waals surface area contributed by atoms with Crippen molar-refractivity contribution in [3.63, 3.8) is 0 Å². The van der Waals surface area contributed by atoms with Gasteiger partial charge in [-0.2, -0.15) is 0 Å². The Morgan fingerprint density at radius 1 is 1.35 bits per heavy atom. The van der Waals surface area contributed by atoms with Crippen LogP contribution in [0.2, 0.25) is 0 Å². The lowest BCUT2D eigenvalue weighted by molar-refractivity contribution is 0.124. The van der Waals surface area contributed by atoms with Gasteiger partial charge < -0.3 is 15.8 Å². The number of thiocarbonyl (C=S) groups is 1. The summed E-state index contributed by atoms with van der Waals surface area (Å²) >= 11 is 4.65. The highest BCUT2D eigenvalue weighted by Crippen LogP contribution is 2.28. The number of hydrogen-bond acceptors (Lipinski definition) is 3. The molecule has 1 aliphatic carbocycles. The maximum Gasteiger partial charge on any atom is 0.182 e. The van der Waals surface area contributed by atoms with Crippen molar-refractivity contribution in [2.75, 3.05) is 25.1 Å². The Bertz CT molecular complexity index is 492. The lowest BCUT2D eigenvalue weighted by atomic mass is 10.1. The van der Waals surface area contributed by atoms with E-state index in [-0.39, 0.29) is 16.2 Å². The third-order valence-corrected chi connectivity index (χ3v) is 3.40. The fraction of sp³-hybridized carbons (Fsp3) is 0.500. The van der Waals surface area contributed by atoms with E-state index >= 15 is 0 Å². The van der Waals surface area contributed by atoms with Gasteiger partial charge in [0.15, 0.2) is 11.6 Å². The minimum Gasteiger partial charge on any atom is -0.389 e. The SMILES string of the molecule is NC(=S)c1ccc(NCCCOCC2CC2)c(F)c1F. The maximum atomic E-state index is 13.7. The lowest BCUT2D eigenvalue weighted by Gasteiger charge is -2.10. The first-order chi connectivity index (χ1) is 9.59. The highest BCUT2D eigenvalue weighted by atomic mass is 32.1. The molecule has 3 N–H and O–H groups in total. The molecule has 1 aromatic carbocycles. The molecule has 1 fully saturated rings. The molecular weight excluding hydrogens is 282 g/mol. The topological polar surface area (TPSA) is 47.3 Å². The van der Waals surface area contributed by atoms with Crippen LogP contribution in [-0.2, 0) is 4.74 Å². The number of nitrogens with two attached hydrogens (primary N) is 1. The molecule has 110 valence electrons. The summed E-state index contributed by atoms with van der Waals surface area (Å²) in [7, 11) is 0. The molecule has 0 amide bonds. The molecule has 1 saturated carbocycles. The van der Waals surface area contributed by atoms with Crippen LogP contribution in [0.5, 0.6) is 0 Å². The van der Waals surface area contributed by atoms with Crippen molar-refractivity contribution >= 4 is 22.9 Å². The Balaban J connectivity index is 1.77. The molecule has 6 heteroatoms. The molecule has 0 atom stereocenters. The third-order valence-electron chi connectivity index (χ3n) is 3.18. The van der Waals surface area contributed by atoms with E-state index in [1.54, 1.807) is 0 Å². The highest BCUT2D eigenvalue weighted by Gasteiger charge is 2.20. The molecule has 0 radical (unpaired) electrons. The van der Waals surface area contributed by atoms with Crippen LogP contribution in [0.25, 0.3) is 0 Å². The van der Waals surface area contributed by atoms with Crippen molar-refractivity contribution in [3.05, 3.63) is 29.3 Å². The number of nitrogens with one attached hydrogen (secondary N) is 1. The Morgan fingerprint density at radius 2 is 2.10 bits per heavy atom. The molecule has 0 saturated heterocycles. The first-order valence-electron chi connectivity index (χ1n) is 6.69. The van der Waals surface area contributed by atoms with Gasteiger partial charge in [0.25, 0.3) is 0 Å². The molecule has 0 aromatic heterocycles. The van der Waals surface area contributed by atoms with Crippen LogP contribution < -0.4 is 11.1 Å². The molecule has 3 nitrogen and oxygen atoms in total. The Labute approximate surface area is 122 Å². The van der Waals surface area contributed by atoms with E-state index in [0.29, 0.717) is 13.2 Å². The summed E-state index contributed by atoms with van der Waals surface area (Å²) in [6.45, 7) is 1.96. The molecule has 0 heterocycles. The largest absolute Gasteiger partial charge is 0.389 e. The first-order valence-corrected chi connectivity index (χ1v) is 7.10. The van der Waals surface area contributed by atoms with Gasteiger partial charge in [0, 0.05) is 25.3 Å². The number of ether oxygens (including phenoxy) is 1. The average Bonchev–Trinajstić information content (AvgIpc) is 3.22. The lowest BCUT2D eigenvalue weighted by Crippen LogP contribution is -2.14. The second kappa shape index (κ2) is 6.95. The highest BCUT2D eigenvalue weighted by molar-refractivity contribution is 7.80. The summed E-state index contributed by atoms with van der Waals surface area (Å²) in [6.07, 6.45) is 3.26. The molecule has 0 spiro atoms. The number of rotatable bonds is 8. The summed E-state index contributed by atoms with van der Waals surface area (Å²) in [5.41, 5.74) is 5.35. The van der Waals surface area contributed by atoms with Crippen LogP contribution in [-0.4, -0.2) is 24.7 Å². The first kappa shape index (κ1) is 15.1. The zero-order chi connectivity index (χ0) is 14.5. The number of hydrogen-bond donors (Lipinski definition) is 2. The molecule has 2 rings (SSSR count). The van der Waals surface area contributed by atoms with Gasteiger partial charge in [-0.15, -0.1) is 0 Å². The van der Waals surface area contributed by atoms with E-state index in [1.807, 2.05) is 0 Å². The monoisotopic (exact) mass is 300 g/mol. The van der Waals surface area contributed by atoms with E-state index in [1.165, 1.54) is 25.0 Å². The predicted octanol–water partition coefficient (Wildman–Crippen LogP) is 2.83. The van der Waals surface area contributed by atoms with Gasteiger partial charge in [0.1, 0.15) is 4.99 Å². The van der Waals surface area contributed by atoms with Gasteiger partial charge in [-0.3, -0.25) is 0 Å². The minimum atomic E-state index is -1.01. The van der Waals surface area contributed by atoms with Gasteiger partial charge in [-0.1, -0.05) is 12.2 Å². The van der Waals surface area contributed by atoms with E-state index in [0.717, 1.165) is 18.9 Å². The van der Waals surface area contributed by atoms with Crippen molar-refractivity contribution in [2.45, 2.75) is 19.3 Å². The van der Waals surface area contributed by atoms with Crippen LogP contribution in [0.3, 0.4) is 0 Å². The molecule has 0 bridgehead atoms. The number of halogens is 2. The predicted molar refractivity (Wildman–Crippen MR) is 78.9 cm³/mol. The zero-order valence-corrected chi connectivity index (χ0v) is 11.9. The summed E-state index contributed by atoms with van der Waals surface area (Å²) in [5.74, 6) is -1.22. The fourth-order valence-corrected chi connectivity index (χ4v) is 1.97. The molecular formula is C14H18F2N2OS. The summed E-state index contributed by atoms with van der Waals surface area (Å²) in [4.78, 5) is -0.151. The van der Waals surface area contributed by atoms with E-state index in [4.69, 9.17) is 10.5 Å². The smallest absolute Gasteiger partial charge is 0.182 e. The van der Waals surface area contributed by atoms with E-state index in [9.17, 15) is 8.78 Å². The van der Waals surface area contributed by atoms with Gasteiger partial charge in [0.05, 0.1) is 5.69 Å². The van der Waals surface area contributed by atoms with Crippen LogP contribution in [0.4, 0.5) is 14.5 Å². The van der Waals surface area contributed by atoms with Crippen LogP contribution in [0.15, 0.2) is 12.1 Å².